The lowest BCUT2D eigenvalue weighted by Crippen LogP contribution is -2.40. The second-order valence-electron chi connectivity index (χ2n) is 8.07. The summed E-state index contributed by atoms with van der Waals surface area (Å²) in [4.78, 5) is 4.78. The van der Waals surface area contributed by atoms with Gasteiger partial charge in [0.1, 0.15) is 12.7 Å². The number of rotatable bonds is 9. The molecular weight excluding hydrogens is 372 g/mol. The molecule has 1 heterocycles. The van der Waals surface area contributed by atoms with Gasteiger partial charge < -0.3 is 19.5 Å². The fourth-order valence-electron chi connectivity index (χ4n) is 4.19. The first-order valence-electron chi connectivity index (χ1n) is 10.6. The Hall–Kier alpha value is -0.950. The molecule has 1 aromatic rings. The summed E-state index contributed by atoms with van der Waals surface area (Å²) in [6, 6.07) is 6.76. The van der Waals surface area contributed by atoms with Crippen LogP contribution in [0.25, 0.3) is 0 Å². The standard InChI is InChI=1S/C22H36N2O3S/c1-23(19-6-4-3-5-7-19)16-20(25)17-27-21-9-8-18(14-22(21)26-2)15-24-10-12-28-13-11-24/h8-9,14,19-20,25H,3-7,10-13,15-17H2,1-2H3/t20-/m0/s1. The van der Waals surface area contributed by atoms with E-state index < -0.39 is 6.10 Å². The van der Waals surface area contributed by atoms with Gasteiger partial charge in [-0.3, -0.25) is 4.90 Å². The highest BCUT2D eigenvalue weighted by molar-refractivity contribution is 7.99. The van der Waals surface area contributed by atoms with E-state index in [0.29, 0.717) is 18.3 Å². The van der Waals surface area contributed by atoms with E-state index in [4.69, 9.17) is 9.47 Å². The van der Waals surface area contributed by atoms with Gasteiger partial charge in [0, 0.05) is 43.7 Å². The molecule has 28 heavy (non-hydrogen) atoms. The number of hydrogen-bond donors (Lipinski definition) is 1. The van der Waals surface area contributed by atoms with Crippen LogP contribution in [-0.4, -0.2) is 79.0 Å². The first-order valence-corrected chi connectivity index (χ1v) is 11.8. The van der Waals surface area contributed by atoms with E-state index >= 15 is 0 Å². The third kappa shape index (κ3) is 6.55. The fraction of sp³-hybridized carbons (Fsp3) is 0.727. The monoisotopic (exact) mass is 408 g/mol. The van der Waals surface area contributed by atoms with E-state index in [0.717, 1.165) is 25.4 Å². The molecule has 1 saturated heterocycles. The molecule has 3 rings (SSSR count). The highest BCUT2D eigenvalue weighted by Gasteiger charge is 2.20. The Labute approximate surface area is 174 Å². The van der Waals surface area contributed by atoms with E-state index in [1.807, 2.05) is 17.8 Å². The summed E-state index contributed by atoms with van der Waals surface area (Å²) in [5.41, 5.74) is 1.24. The summed E-state index contributed by atoms with van der Waals surface area (Å²) in [5, 5.41) is 10.4. The molecular formula is C22H36N2O3S. The summed E-state index contributed by atoms with van der Waals surface area (Å²) in [7, 11) is 3.80. The molecule has 0 bridgehead atoms. The lowest BCUT2D eigenvalue weighted by Gasteiger charge is -2.32. The molecule has 0 amide bonds. The number of benzene rings is 1. The van der Waals surface area contributed by atoms with Crippen molar-refractivity contribution in [3.8, 4) is 11.5 Å². The highest BCUT2D eigenvalue weighted by atomic mass is 32.2. The van der Waals surface area contributed by atoms with Gasteiger partial charge in [-0.25, -0.2) is 0 Å². The Bertz CT molecular complexity index is 589. The number of hydrogen-bond acceptors (Lipinski definition) is 6. The Balaban J connectivity index is 1.48. The first-order chi connectivity index (χ1) is 13.7. The van der Waals surface area contributed by atoms with Crippen LogP contribution in [0.2, 0.25) is 0 Å². The van der Waals surface area contributed by atoms with Crippen LogP contribution >= 0.6 is 11.8 Å². The molecule has 6 heteroatoms. The molecule has 0 unspecified atom stereocenters. The van der Waals surface area contributed by atoms with Crippen molar-refractivity contribution in [2.45, 2.75) is 50.8 Å². The van der Waals surface area contributed by atoms with Crippen LogP contribution in [0.1, 0.15) is 37.7 Å². The summed E-state index contributed by atoms with van der Waals surface area (Å²) in [6.45, 7) is 4.18. The van der Waals surface area contributed by atoms with Gasteiger partial charge >= 0.3 is 0 Å². The topological polar surface area (TPSA) is 45.2 Å². The molecule has 0 spiro atoms. The predicted molar refractivity (Wildman–Crippen MR) is 117 cm³/mol. The lowest BCUT2D eigenvalue weighted by atomic mass is 9.94. The number of methoxy groups -OCH3 is 1. The fourth-order valence-corrected chi connectivity index (χ4v) is 5.17. The molecule has 5 nitrogen and oxygen atoms in total. The number of likely N-dealkylation sites (N-methyl/N-ethyl adjacent to an activating group) is 1. The normalized spacial score (nSPS) is 20.3. The van der Waals surface area contributed by atoms with Gasteiger partial charge in [-0.15, -0.1) is 0 Å². The molecule has 0 radical (unpaired) electrons. The molecule has 1 aliphatic heterocycles. The van der Waals surface area contributed by atoms with Crippen LogP contribution in [0.4, 0.5) is 0 Å². The van der Waals surface area contributed by atoms with Gasteiger partial charge in [0.15, 0.2) is 11.5 Å². The molecule has 1 saturated carbocycles. The smallest absolute Gasteiger partial charge is 0.161 e. The minimum Gasteiger partial charge on any atom is -0.493 e. The summed E-state index contributed by atoms with van der Waals surface area (Å²) in [6.07, 6.45) is 5.96. The number of thioether (sulfide) groups is 1. The summed E-state index contributed by atoms with van der Waals surface area (Å²) in [5.74, 6) is 3.88. The number of aliphatic hydroxyl groups excluding tert-OH is 1. The van der Waals surface area contributed by atoms with E-state index in [2.05, 4.69) is 29.0 Å². The van der Waals surface area contributed by atoms with Crippen LogP contribution in [0.15, 0.2) is 18.2 Å². The minimum absolute atomic E-state index is 0.288. The van der Waals surface area contributed by atoms with Crippen molar-refractivity contribution in [2.75, 3.05) is 51.9 Å². The lowest BCUT2D eigenvalue weighted by molar-refractivity contribution is 0.0553. The van der Waals surface area contributed by atoms with Gasteiger partial charge in [-0.05, 0) is 37.6 Å². The van der Waals surface area contributed by atoms with Crippen molar-refractivity contribution in [2.24, 2.45) is 0 Å². The second kappa shape index (κ2) is 11.3. The SMILES string of the molecule is COc1cc(CN2CCSCC2)ccc1OC[C@@H](O)CN(C)C1CCCCC1. The first kappa shape index (κ1) is 21.8. The van der Waals surface area contributed by atoms with Gasteiger partial charge in [-0.1, -0.05) is 25.3 Å². The zero-order valence-corrected chi connectivity index (χ0v) is 18.3. The number of nitrogens with zero attached hydrogens (tertiary/aromatic N) is 2. The van der Waals surface area contributed by atoms with Crippen molar-refractivity contribution >= 4 is 11.8 Å². The van der Waals surface area contributed by atoms with Crippen LogP contribution in [0.3, 0.4) is 0 Å². The number of ether oxygens (including phenoxy) is 2. The Morgan fingerprint density at radius 3 is 2.64 bits per heavy atom. The molecule has 158 valence electrons. The Kier molecular flexibility index (Phi) is 8.77. The van der Waals surface area contributed by atoms with E-state index in [9.17, 15) is 5.11 Å². The predicted octanol–water partition coefficient (Wildman–Crippen LogP) is 3.25. The average Bonchev–Trinajstić information content (AvgIpc) is 2.74. The molecule has 1 aromatic carbocycles. The quantitative estimate of drug-likeness (QED) is 0.677. The van der Waals surface area contributed by atoms with Crippen molar-refractivity contribution < 1.29 is 14.6 Å². The molecule has 0 aromatic heterocycles. The average molecular weight is 409 g/mol. The van der Waals surface area contributed by atoms with E-state index in [1.54, 1.807) is 7.11 Å². The molecule has 1 atom stereocenters. The van der Waals surface area contributed by atoms with Crippen molar-refractivity contribution in [3.05, 3.63) is 23.8 Å². The Morgan fingerprint density at radius 2 is 1.93 bits per heavy atom. The van der Waals surface area contributed by atoms with Gasteiger partial charge in [-0.2, -0.15) is 11.8 Å². The second-order valence-corrected chi connectivity index (χ2v) is 9.29. The highest BCUT2D eigenvalue weighted by Crippen LogP contribution is 2.29. The summed E-state index contributed by atoms with van der Waals surface area (Å²) < 4.78 is 11.4. The third-order valence-electron chi connectivity index (χ3n) is 5.87. The zero-order valence-electron chi connectivity index (χ0n) is 17.4. The number of aliphatic hydroxyl groups is 1. The molecule has 2 fully saturated rings. The van der Waals surface area contributed by atoms with Crippen molar-refractivity contribution in [1.29, 1.82) is 0 Å². The van der Waals surface area contributed by atoms with Gasteiger partial charge in [0.05, 0.1) is 7.11 Å². The minimum atomic E-state index is -0.498. The van der Waals surface area contributed by atoms with Gasteiger partial charge in [0.2, 0.25) is 0 Å². The van der Waals surface area contributed by atoms with Crippen molar-refractivity contribution in [1.82, 2.24) is 9.80 Å². The van der Waals surface area contributed by atoms with Crippen LogP contribution in [-0.2, 0) is 6.54 Å². The molecule has 1 N–H and O–H groups in total. The maximum atomic E-state index is 10.4. The van der Waals surface area contributed by atoms with Gasteiger partial charge in [0.25, 0.3) is 0 Å². The largest absolute Gasteiger partial charge is 0.493 e. The van der Waals surface area contributed by atoms with Crippen LogP contribution < -0.4 is 9.47 Å². The third-order valence-corrected chi connectivity index (χ3v) is 6.81. The maximum absolute atomic E-state index is 10.4. The Morgan fingerprint density at radius 1 is 1.18 bits per heavy atom. The van der Waals surface area contributed by atoms with Crippen molar-refractivity contribution in [3.63, 3.8) is 0 Å². The zero-order chi connectivity index (χ0) is 19.8. The van der Waals surface area contributed by atoms with Crippen LogP contribution in [0.5, 0.6) is 11.5 Å². The molecule has 2 aliphatic rings. The van der Waals surface area contributed by atoms with E-state index in [-0.39, 0.29) is 6.61 Å². The maximum Gasteiger partial charge on any atom is 0.161 e. The van der Waals surface area contributed by atoms with Crippen LogP contribution in [0, 0.1) is 0 Å². The van der Waals surface area contributed by atoms with E-state index in [1.165, 1.54) is 49.2 Å². The molecule has 1 aliphatic carbocycles. The summed E-state index contributed by atoms with van der Waals surface area (Å²) >= 11 is 2.03.